The summed E-state index contributed by atoms with van der Waals surface area (Å²) in [5.41, 5.74) is -0.636. The van der Waals surface area contributed by atoms with Crippen LogP contribution in [-0.4, -0.2) is 35.4 Å². The Balaban J connectivity index is 2.83. The Kier molecular flexibility index (Phi) is 2.14. The fourth-order valence-corrected chi connectivity index (χ4v) is 1.24. The van der Waals surface area contributed by atoms with Crippen molar-refractivity contribution in [2.75, 3.05) is 13.1 Å². The highest BCUT2D eigenvalue weighted by molar-refractivity contribution is 5.00. The van der Waals surface area contributed by atoms with E-state index in [4.69, 9.17) is 0 Å². The van der Waals surface area contributed by atoms with Gasteiger partial charge in [-0.3, -0.25) is 4.90 Å². The number of hydrogen-bond acceptors (Lipinski definition) is 1. The monoisotopic (exact) mass is 199 g/mol. The maximum atomic E-state index is 12.7. The number of hydrogen-bond donors (Lipinski definition) is 0. The molecule has 1 fully saturated rings. The van der Waals surface area contributed by atoms with Gasteiger partial charge in [-0.2, -0.15) is 17.6 Å². The molecule has 1 aliphatic rings. The van der Waals surface area contributed by atoms with Crippen LogP contribution in [0.15, 0.2) is 0 Å². The molecule has 1 saturated heterocycles. The van der Waals surface area contributed by atoms with E-state index in [0.29, 0.717) is 0 Å². The van der Waals surface area contributed by atoms with Gasteiger partial charge in [0.25, 0.3) is 0 Å². The Morgan fingerprint density at radius 3 is 1.38 bits per heavy atom. The van der Waals surface area contributed by atoms with Crippen molar-refractivity contribution in [2.24, 2.45) is 0 Å². The number of nitrogens with zero attached hydrogens (tertiary/aromatic N) is 1. The number of alkyl halides is 4. The van der Waals surface area contributed by atoms with Crippen LogP contribution in [0.25, 0.3) is 0 Å². The van der Waals surface area contributed by atoms with E-state index < -0.39 is 30.5 Å². The molecule has 13 heavy (non-hydrogen) atoms. The van der Waals surface area contributed by atoms with Gasteiger partial charge in [0.15, 0.2) is 0 Å². The molecule has 0 aliphatic carbocycles. The first-order valence-corrected chi connectivity index (χ1v) is 4.07. The highest BCUT2D eigenvalue weighted by Gasteiger charge is 2.64. The molecule has 78 valence electrons. The SMILES string of the molecule is CC(C)(C)N1CC(F)(F)C(F)(F)C1. The largest absolute Gasteiger partial charge is 0.323 e. The molecule has 1 aliphatic heterocycles. The molecule has 0 bridgehead atoms. The van der Waals surface area contributed by atoms with E-state index in [-0.39, 0.29) is 0 Å². The van der Waals surface area contributed by atoms with Crippen LogP contribution < -0.4 is 0 Å². The Morgan fingerprint density at radius 1 is 0.923 bits per heavy atom. The quantitative estimate of drug-likeness (QED) is 0.541. The zero-order chi connectivity index (χ0) is 10.5. The Hall–Kier alpha value is -0.320. The maximum Gasteiger partial charge on any atom is 0.323 e. The van der Waals surface area contributed by atoms with Crippen molar-refractivity contribution in [2.45, 2.75) is 38.2 Å². The first-order chi connectivity index (χ1) is 5.56. The third-order valence-corrected chi connectivity index (χ3v) is 2.26. The van der Waals surface area contributed by atoms with E-state index in [1.807, 2.05) is 0 Å². The predicted molar refractivity (Wildman–Crippen MR) is 41.2 cm³/mol. The van der Waals surface area contributed by atoms with Crippen molar-refractivity contribution < 1.29 is 17.6 Å². The van der Waals surface area contributed by atoms with E-state index in [0.717, 1.165) is 4.90 Å². The van der Waals surface area contributed by atoms with Gasteiger partial charge in [-0.1, -0.05) is 0 Å². The second-order valence-electron chi connectivity index (χ2n) is 4.44. The molecule has 0 unspecified atom stereocenters. The van der Waals surface area contributed by atoms with Crippen molar-refractivity contribution in [1.82, 2.24) is 4.90 Å². The fraction of sp³-hybridized carbons (Fsp3) is 1.00. The third-order valence-electron chi connectivity index (χ3n) is 2.26. The minimum Gasteiger partial charge on any atom is -0.286 e. The number of likely N-dealkylation sites (tertiary alicyclic amines) is 1. The average Bonchev–Trinajstić information content (AvgIpc) is 2.00. The van der Waals surface area contributed by atoms with Crippen LogP contribution in [0.4, 0.5) is 17.6 Å². The lowest BCUT2D eigenvalue weighted by Crippen LogP contribution is -2.40. The molecule has 0 atom stereocenters. The average molecular weight is 199 g/mol. The smallest absolute Gasteiger partial charge is 0.286 e. The van der Waals surface area contributed by atoms with Crippen molar-refractivity contribution in [1.29, 1.82) is 0 Å². The summed E-state index contributed by atoms with van der Waals surface area (Å²) in [6.45, 7) is 3.21. The van der Waals surface area contributed by atoms with Crippen LogP contribution in [-0.2, 0) is 0 Å². The number of rotatable bonds is 0. The summed E-state index contributed by atoms with van der Waals surface area (Å²) in [7, 11) is 0. The van der Waals surface area contributed by atoms with Crippen LogP contribution in [0.3, 0.4) is 0 Å². The van der Waals surface area contributed by atoms with Gasteiger partial charge in [-0.25, -0.2) is 0 Å². The van der Waals surface area contributed by atoms with Gasteiger partial charge in [0.1, 0.15) is 0 Å². The Morgan fingerprint density at radius 2 is 1.23 bits per heavy atom. The van der Waals surface area contributed by atoms with E-state index in [2.05, 4.69) is 0 Å². The minimum atomic E-state index is -3.89. The van der Waals surface area contributed by atoms with Crippen molar-refractivity contribution >= 4 is 0 Å². The first kappa shape index (κ1) is 10.8. The zero-order valence-electron chi connectivity index (χ0n) is 7.87. The van der Waals surface area contributed by atoms with Crippen LogP contribution >= 0.6 is 0 Å². The molecule has 0 saturated carbocycles. The second-order valence-corrected chi connectivity index (χ2v) is 4.44. The summed E-state index contributed by atoms with van der Waals surface area (Å²) in [5, 5.41) is 0. The highest BCUT2D eigenvalue weighted by Crippen LogP contribution is 2.43. The molecular formula is C8H13F4N. The fourth-order valence-electron chi connectivity index (χ4n) is 1.24. The normalized spacial score (nSPS) is 27.9. The van der Waals surface area contributed by atoms with Gasteiger partial charge in [-0.05, 0) is 20.8 Å². The van der Waals surface area contributed by atoms with Gasteiger partial charge < -0.3 is 0 Å². The molecule has 0 aromatic heterocycles. The zero-order valence-corrected chi connectivity index (χ0v) is 7.87. The molecule has 5 heteroatoms. The van der Waals surface area contributed by atoms with Gasteiger partial charge in [0, 0.05) is 5.54 Å². The second kappa shape index (κ2) is 2.59. The van der Waals surface area contributed by atoms with Crippen molar-refractivity contribution in [3.63, 3.8) is 0 Å². The van der Waals surface area contributed by atoms with Crippen molar-refractivity contribution in [3.8, 4) is 0 Å². The summed E-state index contributed by atoms with van der Waals surface area (Å²) in [4.78, 5) is 1.10. The Labute approximate surface area is 74.7 Å². The lowest BCUT2D eigenvalue weighted by Gasteiger charge is -2.30. The Bertz CT molecular complexity index is 191. The molecule has 0 aromatic carbocycles. The maximum absolute atomic E-state index is 12.7. The molecule has 0 amide bonds. The summed E-state index contributed by atoms with van der Waals surface area (Å²) >= 11 is 0. The van der Waals surface area contributed by atoms with Gasteiger partial charge in [0.05, 0.1) is 13.1 Å². The topological polar surface area (TPSA) is 3.24 Å². The van der Waals surface area contributed by atoms with E-state index >= 15 is 0 Å². The van der Waals surface area contributed by atoms with Crippen LogP contribution in [0.5, 0.6) is 0 Å². The molecule has 1 nitrogen and oxygen atoms in total. The molecule has 1 rings (SSSR count). The molecule has 0 N–H and O–H groups in total. The van der Waals surface area contributed by atoms with Crippen molar-refractivity contribution in [3.05, 3.63) is 0 Å². The standard InChI is InChI=1S/C8H13F4N/c1-6(2,3)13-4-7(9,10)8(11,12)5-13/h4-5H2,1-3H3. The lowest BCUT2D eigenvalue weighted by molar-refractivity contribution is -0.172. The first-order valence-electron chi connectivity index (χ1n) is 4.07. The van der Waals surface area contributed by atoms with Gasteiger partial charge >= 0.3 is 11.8 Å². The van der Waals surface area contributed by atoms with Gasteiger partial charge in [-0.15, -0.1) is 0 Å². The van der Waals surface area contributed by atoms with Crippen LogP contribution in [0.1, 0.15) is 20.8 Å². The summed E-state index contributed by atoms with van der Waals surface area (Å²) in [6.07, 6.45) is 0. The summed E-state index contributed by atoms with van der Waals surface area (Å²) < 4.78 is 50.8. The number of halogens is 4. The van der Waals surface area contributed by atoms with E-state index in [1.165, 1.54) is 0 Å². The van der Waals surface area contributed by atoms with Crippen LogP contribution in [0, 0.1) is 0 Å². The lowest BCUT2D eigenvalue weighted by atomic mass is 10.1. The molecule has 0 radical (unpaired) electrons. The third kappa shape index (κ3) is 1.80. The van der Waals surface area contributed by atoms with Gasteiger partial charge in [0.2, 0.25) is 0 Å². The highest BCUT2D eigenvalue weighted by atomic mass is 19.3. The molecule has 1 heterocycles. The summed E-state index contributed by atoms with van der Waals surface area (Å²) in [5.74, 6) is -7.78. The van der Waals surface area contributed by atoms with E-state index in [1.54, 1.807) is 20.8 Å². The molecule has 0 spiro atoms. The van der Waals surface area contributed by atoms with Crippen LogP contribution in [0.2, 0.25) is 0 Å². The minimum absolute atomic E-state index is 0.636. The molecule has 0 aromatic rings. The summed E-state index contributed by atoms with van der Waals surface area (Å²) in [6, 6.07) is 0. The van der Waals surface area contributed by atoms with E-state index in [9.17, 15) is 17.6 Å². The predicted octanol–water partition coefficient (Wildman–Crippen LogP) is 2.37. The molecular weight excluding hydrogens is 186 g/mol.